The number of hydrogen-bond acceptors (Lipinski definition) is 1. The maximum absolute atomic E-state index is 11.9. The topological polar surface area (TPSA) is 29.5 Å². The molecular weight excluding hydrogens is 191 g/mol. The summed E-state index contributed by atoms with van der Waals surface area (Å²) in [7, 11) is 1.57. The van der Waals surface area contributed by atoms with E-state index >= 15 is 0 Å². The molecule has 0 aliphatic heterocycles. The molecule has 1 N–H and O–H groups in total. The predicted octanol–water partition coefficient (Wildman–Crippen LogP) is 2.12. The van der Waals surface area contributed by atoms with E-state index < -0.39 is 6.01 Å². The van der Waals surface area contributed by atoms with Crippen molar-refractivity contribution in [1.82, 2.24) is 0 Å². The van der Waals surface area contributed by atoms with Crippen LogP contribution in [0.2, 0.25) is 0 Å². The third kappa shape index (κ3) is 2.82. The first-order chi connectivity index (χ1) is 6.27. The summed E-state index contributed by atoms with van der Waals surface area (Å²) in [4.78, 5) is 0. The first-order valence-corrected chi connectivity index (χ1v) is 4.79. The molecule has 0 saturated carbocycles. The van der Waals surface area contributed by atoms with Gasteiger partial charge in [0.25, 0.3) is 0 Å². The molecule has 1 rings (SSSR count). The molecule has 4 heteroatoms. The highest BCUT2D eigenvalue weighted by Crippen LogP contribution is 2.12. The number of hydrogen-bond donors (Lipinski definition) is 2. The first kappa shape index (κ1) is 10.2. The standard InChI is InChI=1S/C9H11FO2S/c1-12-8-4-2-7(3-5-8)9(11)13-6-10/h2-5,11,13H,6H2,1H3. The van der Waals surface area contributed by atoms with Gasteiger partial charge in [-0.2, -0.15) is 0 Å². The molecule has 1 aromatic rings. The van der Waals surface area contributed by atoms with Crippen molar-refractivity contribution in [2.24, 2.45) is 0 Å². The number of ether oxygens (including phenoxy) is 1. The highest BCUT2D eigenvalue weighted by molar-refractivity contribution is 7.98. The van der Waals surface area contributed by atoms with Gasteiger partial charge in [-0.05, 0) is 24.3 Å². The van der Waals surface area contributed by atoms with Crippen molar-refractivity contribution in [2.45, 2.75) is 0 Å². The number of alkyl halides is 1. The van der Waals surface area contributed by atoms with E-state index in [1.54, 1.807) is 31.4 Å². The fraction of sp³-hybridized carbons (Fsp3) is 0.222. The molecule has 1 aromatic carbocycles. The molecule has 2 nitrogen and oxygen atoms in total. The molecule has 0 amide bonds. The Balaban J connectivity index is 2.85. The minimum Gasteiger partial charge on any atom is -0.497 e. The number of halogens is 1. The maximum atomic E-state index is 11.9. The number of aliphatic hydroxyl groups is 1. The molecule has 0 aliphatic rings. The number of benzene rings is 1. The summed E-state index contributed by atoms with van der Waals surface area (Å²) in [6.07, 6.45) is 0. The molecule has 0 aliphatic carbocycles. The van der Waals surface area contributed by atoms with Crippen LogP contribution in [0, 0.1) is 0 Å². The quantitative estimate of drug-likeness (QED) is 0.580. The van der Waals surface area contributed by atoms with Crippen LogP contribution >= 0.6 is 11.4 Å². The number of methoxy groups -OCH3 is 1. The maximum Gasteiger partial charge on any atom is 0.130 e. The Morgan fingerprint density at radius 1 is 1.46 bits per heavy atom. The van der Waals surface area contributed by atoms with Crippen LogP contribution in [0.4, 0.5) is 4.39 Å². The molecule has 0 radical (unpaired) electrons. The van der Waals surface area contributed by atoms with Gasteiger partial charge in [0.05, 0.1) is 7.11 Å². The molecular formula is C9H11FO2S. The average molecular weight is 202 g/mol. The van der Waals surface area contributed by atoms with Gasteiger partial charge in [-0.3, -0.25) is 0 Å². The molecule has 0 heterocycles. The minimum atomic E-state index is -0.572. The lowest BCUT2D eigenvalue weighted by molar-refractivity contribution is 0.414. The summed E-state index contributed by atoms with van der Waals surface area (Å²) in [5, 5.41) is 9.35. The van der Waals surface area contributed by atoms with Crippen LogP contribution in [0.3, 0.4) is 0 Å². The van der Waals surface area contributed by atoms with Crippen molar-refractivity contribution in [3.63, 3.8) is 0 Å². The van der Waals surface area contributed by atoms with E-state index in [0.29, 0.717) is 22.7 Å². The third-order valence-corrected chi connectivity index (χ3v) is 2.24. The van der Waals surface area contributed by atoms with Crippen LogP contribution < -0.4 is 4.74 Å². The van der Waals surface area contributed by atoms with Gasteiger partial charge in [-0.1, -0.05) is 0 Å². The van der Waals surface area contributed by atoms with Crippen molar-refractivity contribution < 1.29 is 14.2 Å². The Labute approximate surface area is 79.9 Å². The fourth-order valence-corrected chi connectivity index (χ4v) is 1.33. The molecule has 0 saturated heterocycles. The van der Waals surface area contributed by atoms with Crippen molar-refractivity contribution in [3.8, 4) is 5.75 Å². The Morgan fingerprint density at radius 2 is 2.08 bits per heavy atom. The number of aliphatic hydroxyl groups excluding tert-OH is 1. The van der Waals surface area contributed by atoms with E-state index in [-0.39, 0.29) is 5.05 Å². The van der Waals surface area contributed by atoms with Gasteiger partial charge >= 0.3 is 0 Å². The predicted molar refractivity (Wildman–Crippen MR) is 54.7 cm³/mol. The molecule has 0 bridgehead atoms. The molecule has 72 valence electrons. The zero-order chi connectivity index (χ0) is 9.68. The summed E-state index contributed by atoms with van der Waals surface area (Å²) in [6, 6.07) is 6.25. The van der Waals surface area contributed by atoms with E-state index in [0.717, 1.165) is 0 Å². The van der Waals surface area contributed by atoms with Gasteiger partial charge in [0, 0.05) is 5.56 Å². The molecule has 0 spiro atoms. The van der Waals surface area contributed by atoms with Gasteiger partial charge < -0.3 is 9.84 Å². The molecule has 13 heavy (non-hydrogen) atoms. The second-order valence-electron chi connectivity index (χ2n) is 2.33. The lowest BCUT2D eigenvalue weighted by Gasteiger charge is -2.01. The van der Waals surface area contributed by atoms with Gasteiger partial charge in [-0.15, -0.1) is 11.4 Å². The normalized spacial score (nSPS) is 12.1. The smallest absolute Gasteiger partial charge is 0.130 e. The fourth-order valence-electron chi connectivity index (χ4n) is 0.888. The van der Waals surface area contributed by atoms with Crippen LogP contribution in [0.5, 0.6) is 5.75 Å². The van der Waals surface area contributed by atoms with Crippen LogP contribution in [-0.4, -0.2) is 23.3 Å². The van der Waals surface area contributed by atoms with E-state index in [2.05, 4.69) is 0 Å². The number of thiol groups is 1. The minimum absolute atomic E-state index is 0.0464. The van der Waals surface area contributed by atoms with Crippen LogP contribution in [0.1, 0.15) is 5.56 Å². The van der Waals surface area contributed by atoms with Crippen molar-refractivity contribution in [3.05, 3.63) is 29.8 Å². The van der Waals surface area contributed by atoms with Crippen molar-refractivity contribution in [2.75, 3.05) is 13.1 Å². The van der Waals surface area contributed by atoms with Gasteiger partial charge in [0.2, 0.25) is 0 Å². The zero-order valence-electron chi connectivity index (χ0n) is 7.20. The lowest BCUT2D eigenvalue weighted by Crippen LogP contribution is -1.95. The largest absolute Gasteiger partial charge is 0.497 e. The summed E-state index contributed by atoms with van der Waals surface area (Å²) in [5.74, 6) is 0.716. The first-order valence-electron chi connectivity index (χ1n) is 3.71. The summed E-state index contributed by atoms with van der Waals surface area (Å²) in [6.45, 7) is 0. The van der Waals surface area contributed by atoms with Gasteiger partial charge in [0.15, 0.2) is 0 Å². The highest BCUT2D eigenvalue weighted by atomic mass is 32.1. The molecule has 0 atom stereocenters. The Morgan fingerprint density at radius 3 is 2.54 bits per heavy atom. The van der Waals surface area contributed by atoms with Crippen molar-refractivity contribution in [1.29, 1.82) is 0 Å². The average Bonchev–Trinajstić information content (AvgIpc) is 2.18. The second-order valence-corrected chi connectivity index (χ2v) is 3.31. The molecule has 0 unspecified atom stereocenters. The lowest BCUT2D eigenvalue weighted by atomic mass is 10.2. The Hall–Kier alpha value is -0.870. The van der Waals surface area contributed by atoms with Crippen molar-refractivity contribution >= 4 is 16.4 Å². The second kappa shape index (κ2) is 4.99. The summed E-state index contributed by atoms with van der Waals surface area (Å²) in [5.41, 5.74) is 0.625. The monoisotopic (exact) mass is 202 g/mol. The highest BCUT2D eigenvalue weighted by Gasteiger charge is 1.97. The van der Waals surface area contributed by atoms with Crippen LogP contribution in [0.25, 0.3) is 0 Å². The summed E-state index contributed by atoms with van der Waals surface area (Å²) >= 11 is 0.295. The molecule has 0 aromatic heterocycles. The number of rotatable bonds is 3. The van der Waals surface area contributed by atoms with E-state index in [1.807, 2.05) is 0 Å². The Bertz CT molecular complexity index is 295. The van der Waals surface area contributed by atoms with Crippen LogP contribution in [-0.2, 0) is 0 Å². The zero-order valence-corrected chi connectivity index (χ0v) is 8.09. The third-order valence-electron chi connectivity index (χ3n) is 1.56. The summed E-state index contributed by atoms with van der Waals surface area (Å²) < 4.78 is 16.8. The van der Waals surface area contributed by atoms with E-state index in [9.17, 15) is 9.50 Å². The van der Waals surface area contributed by atoms with E-state index in [1.165, 1.54) is 0 Å². The van der Waals surface area contributed by atoms with Gasteiger partial charge in [0.1, 0.15) is 16.8 Å². The van der Waals surface area contributed by atoms with E-state index in [4.69, 9.17) is 4.74 Å². The van der Waals surface area contributed by atoms with Gasteiger partial charge in [-0.25, -0.2) is 4.39 Å². The molecule has 0 fully saturated rings. The Kier molecular flexibility index (Phi) is 3.92. The van der Waals surface area contributed by atoms with Crippen LogP contribution in [0.15, 0.2) is 24.3 Å². The SMILES string of the molecule is COc1ccc(C(O)=[SH]CF)cc1.